The smallest absolute Gasteiger partial charge is 0.329 e. The monoisotopic (exact) mass is 366 g/mol. The molecular weight excluding hydrogens is 355 g/mol. The normalized spacial score (nSPS) is 10.9. The van der Waals surface area contributed by atoms with Crippen molar-refractivity contribution >= 4 is 28.9 Å². The van der Waals surface area contributed by atoms with Gasteiger partial charge in [-0.15, -0.1) is 11.3 Å². The van der Waals surface area contributed by atoms with Crippen LogP contribution in [0.2, 0.25) is 4.34 Å². The van der Waals surface area contributed by atoms with E-state index in [4.69, 9.17) is 16.7 Å². The maximum absolute atomic E-state index is 13.9. The molecule has 0 unspecified atom stereocenters. The van der Waals surface area contributed by atoms with Crippen LogP contribution in [0.3, 0.4) is 0 Å². The van der Waals surface area contributed by atoms with E-state index < -0.39 is 24.0 Å². The molecule has 0 bridgehead atoms. The van der Waals surface area contributed by atoms with Crippen LogP contribution >= 0.6 is 22.9 Å². The second kappa shape index (κ2) is 6.62. The molecule has 2 heterocycles. The summed E-state index contributed by atoms with van der Waals surface area (Å²) in [6.07, 6.45) is 1.46. The molecule has 0 aliphatic rings. The van der Waals surface area contributed by atoms with Crippen LogP contribution in [0, 0.1) is 5.82 Å². The zero-order chi connectivity index (χ0) is 17.3. The second-order valence-corrected chi connectivity index (χ2v) is 6.81. The fourth-order valence-corrected chi connectivity index (χ4v) is 3.45. The lowest BCUT2D eigenvalue weighted by Gasteiger charge is -2.07. The van der Waals surface area contributed by atoms with Gasteiger partial charge in [0.1, 0.15) is 12.4 Å². The van der Waals surface area contributed by atoms with Crippen molar-refractivity contribution in [2.75, 3.05) is 0 Å². The minimum Gasteiger partial charge on any atom is -0.480 e. The molecule has 0 amide bonds. The summed E-state index contributed by atoms with van der Waals surface area (Å²) in [7, 11) is 0. The lowest BCUT2D eigenvalue weighted by Crippen LogP contribution is -2.27. The largest absolute Gasteiger partial charge is 0.480 e. The molecule has 0 aliphatic heterocycles. The molecule has 0 aliphatic carbocycles. The molecule has 5 nitrogen and oxygen atoms in total. The Hall–Kier alpha value is -2.38. The highest BCUT2D eigenvalue weighted by Gasteiger charge is 2.17. The van der Waals surface area contributed by atoms with Crippen LogP contribution in [0.1, 0.15) is 5.56 Å². The van der Waals surface area contributed by atoms with Gasteiger partial charge in [-0.2, -0.15) is 0 Å². The van der Waals surface area contributed by atoms with Gasteiger partial charge in [0, 0.05) is 11.8 Å². The molecule has 8 heteroatoms. The average molecular weight is 367 g/mol. The van der Waals surface area contributed by atoms with Gasteiger partial charge in [0.05, 0.1) is 21.5 Å². The number of halogens is 2. The van der Waals surface area contributed by atoms with E-state index in [0.717, 1.165) is 4.57 Å². The van der Waals surface area contributed by atoms with Crippen LogP contribution in [-0.4, -0.2) is 20.2 Å². The summed E-state index contributed by atoms with van der Waals surface area (Å²) >= 11 is 7.21. The van der Waals surface area contributed by atoms with E-state index in [1.807, 2.05) is 0 Å². The minimum absolute atomic E-state index is 0.00295. The Labute approximate surface area is 145 Å². The number of carboxylic acid groups (broad SMARTS) is 1. The fraction of sp³-hybridized carbons (Fsp3) is 0.125. The standard InChI is InChI=1S/C16H12ClFN2O3S/c17-14-6-5-13(24-14)12-8-19(9-15(21)22)16(23)20(12)7-10-3-1-2-4-11(10)18/h1-6,8H,7,9H2,(H,21,22). The lowest BCUT2D eigenvalue weighted by molar-refractivity contribution is -0.137. The molecule has 24 heavy (non-hydrogen) atoms. The fourth-order valence-electron chi connectivity index (χ4n) is 2.39. The first-order chi connectivity index (χ1) is 11.5. The number of nitrogens with zero attached hydrogens (tertiary/aromatic N) is 2. The van der Waals surface area contributed by atoms with E-state index in [9.17, 15) is 14.0 Å². The van der Waals surface area contributed by atoms with Gasteiger partial charge in [-0.25, -0.2) is 9.18 Å². The van der Waals surface area contributed by atoms with Gasteiger partial charge in [-0.05, 0) is 18.2 Å². The van der Waals surface area contributed by atoms with Crippen LogP contribution in [0.15, 0.2) is 47.4 Å². The topological polar surface area (TPSA) is 64.2 Å². The number of hydrogen-bond acceptors (Lipinski definition) is 3. The van der Waals surface area contributed by atoms with E-state index in [1.165, 1.54) is 28.2 Å². The Morgan fingerprint density at radius 2 is 2.00 bits per heavy atom. The first kappa shape index (κ1) is 16.5. The van der Waals surface area contributed by atoms with Crippen molar-refractivity contribution in [3.05, 3.63) is 68.8 Å². The van der Waals surface area contributed by atoms with Gasteiger partial charge < -0.3 is 5.11 Å². The highest BCUT2D eigenvalue weighted by atomic mass is 35.5. The number of rotatable bonds is 5. The number of carbonyl (C=O) groups is 1. The highest BCUT2D eigenvalue weighted by molar-refractivity contribution is 7.19. The van der Waals surface area contributed by atoms with Crippen LogP contribution in [-0.2, 0) is 17.9 Å². The molecule has 0 fully saturated rings. The molecular formula is C16H12ClFN2O3S. The quantitative estimate of drug-likeness (QED) is 0.753. The summed E-state index contributed by atoms with van der Waals surface area (Å²) in [5, 5.41) is 8.95. The summed E-state index contributed by atoms with van der Waals surface area (Å²) in [5.41, 5.74) is 0.332. The first-order valence-corrected chi connectivity index (χ1v) is 8.16. The predicted molar refractivity (Wildman–Crippen MR) is 90.2 cm³/mol. The maximum Gasteiger partial charge on any atom is 0.329 e. The second-order valence-electron chi connectivity index (χ2n) is 5.10. The van der Waals surface area contributed by atoms with Gasteiger partial charge >= 0.3 is 11.7 Å². The molecule has 0 radical (unpaired) electrons. The third-order valence-corrected chi connectivity index (χ3v) is 4.72. The van der Waals surface area contributed by atoms with Crippen molar-refractivity contribution in [1.82, 2.24) is 9.13 Å². The molecule has 1 aromatic carbocycles. The molecule has 0 spiro atoms. The van der Waals surface area contributed by atoms with Crippen molar-refractivity contribution < 1.29 is 14.3 Å². The van der Waals surface area contributed by atoms with Crippen molar-refractivity contribution in [3.63, 3.8) is 0 Å². The number of aromatic nitrogens is 2. The molecule has 124 valence electrons. The van der Waals surface area contributed by atoms with Gasteiger partial charge in [-0.3, -0.25) is 13.9 Å². The summed E-state index contributed by atoms with van der Waals surface area (Å²) in [5.74, 6) is -1.55. The van der Waals surface area contributed by atoms with Gasteiger partial charge in [-0.1, -0.05) is 29.8 Å². The van der Waals surface area contributed by atoms with E-state index in [2.05, 4.69) is 0 Å². The molecule has 1 N–H and O–H groups in total. The Balaban J connectivity index is 2.12. The van der Waals surface area contributed by atoms with Crippen molar-refractivity contribution in [1.29, 1.82) is 0 Å². The molecule has 0 saturated heterocycles. The lowest BCUT2D eigenvalue weighted by atomic mass is 10.2. The summed E-state index contributed by atoms with van der Waals surface area (Å²) in [4.78, 5) is 24.2. The van der Waals surface area contributed by atoms with E-state index in [0.29, 0.717) is 20.5 Å². The van der Waals surface area contributed by atoms with Gasteiger partial charge in [0.25, 0.3) is 0 Å². The number of benzene rings is 1. The van der Waals surface area contributed by atoms with Crippen LogP contribution < -0.4 is 5.69 Å². The predicted octanol–water partition coefficient (Wildman–Crippen LogP) is 3.30. The summed E-state index contributed by atoms with van der Waals surface area (Å²) in [6, 6.07) is 9.58. The maximum atomic E-state index is 13.9. The molecule has 2 aromatic heterocycles. The molecule has 3 aromatic rings. The van der Waals surface area contributed by atoms with E-state index >= 15 is 0 Å². The van der Waals surface area contributed by atoms with Crippen molar-refractivity contribution in [2.24, 2.45) is 0 Å². The Bertz CT molecular complexity index is 960. The number of thiophene rings is 1. The molecule has 0 atom stereocenters. The Morgan fingerprint density at radius 3 is 2.62 bits per heavy atom. The number of imidazole rings is 1. The Morgan fingerprint density at radius 1 is 1.25 bits per heavy atom. The number of carboxylic acids is 1. The summed E-state index contributed by atoms with van der Waals surface area (Å²) < 4.78 is 16.9. The zero-order valence-electron chi connectivity index (χ0n) is 12.3. The average Bonchev–Trinajstić information content (AvgIpc) is 3.07. The molecule has 0 saturated carbocycles. The molecule has 3 rings (SSSR count). The van der Waals surface area contributed by atoms with E-state index in [1.54, 1.807) is 30.3 Å². The van der Waals surface area contributed by atoms with Crippen molar-refractivity contribution in [2.45, 2.75) is 13.1 Å². The van der Waals surface area contributed by atoms with Crippen molar-refractivity contribution in [3.8, 4) is 10.6 Å². The van der Waals surface area contributed by atoms with Gasteiger partial charge in [0.2, 0.25) is 0 Å². The SMILES string of the molecule is O=C(O)Cn1cc(-c2ccc(Cl)s2)n(Cc2ccccc2F)c1=O. The minimum atomic E-state index is -1.13. The van der Waals surface area contributed by atoms with Crippen LogP contribution in [0.25, 0.3) is 10.6 Å². The third kappa shape index (κ3) is 3.27. The zero-order valence-corrected chi connectivity index (χ0v) is 13.9. The third-order valence-electron chi connectivity index (χ3n) is 3.46. The first-order valence-electron chi connectivity index (χ1n) is 6.96. The highest BCUT2D eigenvalue weighted by Crippen LogP contribution is 2.31. The van der Waals surface area contributed by atoms with Crippen LogP contribution in [0.5, 0.6) is 0 Å². The number of hydrogen-bond donors (Lipinski definition) is 1. The van der Waals surface area contributed by atoms with E-state index in [-0.39, 0.29) is 6.54 Å². The Kier molecular flexibility index (Phi) is 4.55. The number of aliphatic carboxylic acids is 1. The summed E-state index contributed by atoms with van der Waals surface area (Å²) in [6.45, 7) is -0.460. The van der Waals surface area contributed by atoms with Gasteiger partial charge in [0.15, 0.2) is 0 Å². The van der Waals surface area contributed by atoms with Crippen LogP contribution in [0.4, 0.5) is 4.39 Å².